The number of rotatable bonds is 4. The lowest BCUT2D eigenvalue weighted by atomic mass is 10.1. The van der Waals surface area contributed by atoms with Gasteiger partial charge in [0, 0.05) is 16.8 Å². The van der Waals surface area contributed by atoms with Crippen LogP contribution in [0, 0.1) is 6.92 Å². The Hall–Kier alpha value is -3.28. The summed E-state index contributed by atoms with van der Waals surface area (Å²) in [4.78, 5) is 27.0. The lowest BCUT2D eigenvalue weighted by molar-refractivity contribution is 0.102. The van der Waals surface area contributed by atoms with Crippen LogP contribution in [0.2, 0.25) is 0 Å². The summed E-state index contributed by atoms with van der Waals surface area (Å²) in [6.07, 6.45) is 0. The van der Waals surface area contributed by atoms with Gasteiger partial charge in [0.2, 0.25) is 0 Å². The number of benzene rings is 2. The van der Waals surface area contributed by atoms with E-state index in [4.69, 9.17) is 9.47 Å². The summed E-state index contributed by atoms with van der Waals surface area (Å²) in [6, 6.07) is 12.1. The first-order chi connectivity index (χ1) is 12.0. The quantitative estimate of drug-likeness (QED) is 0.766. The summed E-state index contributed by atoms with van der Waals surface area (Å²) in [6.45, 7) is 1.75. The lowest BCUT2D eigenvalue weighted by Gasteiger charge is -2.10. The monoisotopic (exact) mass is 338 g/mol. The Morgan fingerprint density at radius 2 is 1.76 bits per heavy atom. The highest BCUT2D eigenvalue weighted by Crippen LogP contribution is 2.28. The van der Waals surface area contributed by atoms with Crippen LogP contribution >= 0.6 is 0 Å². The molecule has 3 aromatic rings. The molecule has 0 fully saturated rings. The van der Waals surface area contributed by atoms with Gasteiger partial charge in [-0.2, -0.15) is 0 Å². The number of hydrogen-bond donors (Lipinski definition) is 2. The van der Waals surface area contributed by atoms with Crippen LogP contribution in [0.15, 0.2) is 47.3 Å². The molecule has 0 aliphatic heterocycles. The average Bonchev–Trinajstić information content (AvgIpc) is 2.62. The van der Waals surface area contributed by atoms with Crippen LogP contribution in [0.25, 0.3) is 10.9 Å². The number of fused-ring (bicyclic) bond motifs is 1. The van der Waals surface area contributed by atoms with Gasteiger partial charge in [-0.1, -0.05) is 6.07 Å². The number of carbonyl (C=O) groups is 1. The fraction of sp³-hybridized carbons (Fsp3) is 0.158. The van der Waals surface area contributed by atoms with Crippen LogP contribution in [-0.2, 0) is 0 Å². The number of pyridine rings is 1. The van der Waals surface area contributed by atoms with Gasteiger partial charge in [0.1, 0.15) is 0 Å². The normalized spacial score (nSPS) is 10.5. The molecule has 3 rings (SSSR count). The Labute approximate surface area is 144 Å². The summed E-state index contributed by atoms with van der Waals surface area (Å²) in [5, 5.41) is 3.72. The fourth-order valence-corrected chi connectivity index (χ4v) is 2.57. The predicted octanol–water partition coefficient (Wildman–Crippen LogP) is 3.11. The first-order valence-corrected chi connectivity index (χ1v) is 7.69. The van der Waals surface area contributed by atoms with Gasteiger partial charge in [-0.3, -0.25) is 9.59 Å². The molecule has 25 heavy (non-hydrogen) atoms. The highest BCUT2D eigenvalue weighted by atomic mass is 16.5. The maximum Gasteiger partial charge on any atom is 0.255 e. The molecule has 6 heteroatoms. The molecule has 0 atom stereocenters. The highest BCUT2D eigenvalue weighted by Gasteiger charge is 2.11. The van der Waals surface area contributed by atoms with Crippen molar-refractivity contribution in [3.8, 4) is 11.5 Å². The summed E-state index contributed by atoms with van der Waals surface area (Å²) < 4.78 is 10.4. The SMILES string of the molecule is COc1ccc(C(=O)Nc2ccc3cc(C)c(=O)[nH]c3c2)cc1OC. The first-order valence-electron chi connectivity index (χ1n) is 7.69. The second-order valence-electron chi connectivity index (χ2n) is 5.61. The molecule has 1 heterocycles. The van der Waals surface area contributed by atoms with Crippen LogP contribution in [0.3, 0.4) is 0 Å². The summed E-state index contributed by atoms with van der Waals surface area (Å²) in [7, 11) is 3.05. The minimum Gasteiger partial charge on any atom is -0.493 e. The molecular formula is C19H18N2O4. The van der Waals surface area contributed by atoms with E-state index in [0.717, 1.165) is 5.39 Å². The summed E-state index contributed by atoms with van der Waals surface area (Å²) in [5.41, 5.74) is 2.20. The maximum atomic E-state index is 12.5. The van der Waals surface area contributed by atoms with Crippen molar-refractivity contribution in [1.29, 1.82) is 0 Å². The Kier molecular flexibility index (Phi) is 4.43. The summed E-state index contributed by atoms with van der Waals surface area (Å²) in [5.74, 6) is 0.751. The van der Waals surface area contributed by atoms with E-state index in [1.54, 1.807) is 37.3 Å². The number of amides is 1. The minimum atomic E-state index is -0.283. The molecule has 0 aliphatic rings. The van der Waals surface area contributed by atoms with E-state index >= 15 is 0 Å². The molecule has 0 saturated heterocycles. The molecule has 0 radical (unpaired) electrons. The average molecular weight is 338 g/mol. The van der Waals surface area contributed by atoms with Crippen LogP contribution in [0.1, 0.15) is 15.9 Å². The van der Waals surface area contributed by atoms with Crippen molar-refractivity contribution in [1.82, 2.24) is 4.98 Å². The van der Waals surface area contributed by atoms with Gasteiger partial charge >= 0.3 is 0 Å². The maximum absolute atomic E-state index is 12.5. The zero-order valence-corrected chi connectivity index (χ0v) is 14.2. The number of nitrogens with one attached hydrogen (secondary N) is 2. The number of H-pyrrole nitrogens is 1. The molecule has 2 N–H and O–H groups in total. The number of carbonyl (C=O) groups excluding carboxylic acids is 1. The van der Waals surface area contributed by atoms with Crippen molar-refractivity contribution in [3.05, 3.63) is 63.9 Å². The Bertz CT molecular complexity index is 1010. The van der Waals surface area contributed by atoms with E-state index in [0.29, 0.717) is 33.8 Å². The van der Waals surface area contributed by atoms with E-state index < -0.39 is 0 Å². The van der Waals surface area contributed by atoms with Crippen molar-refractivity contribution in [2.24, 2.45) is 0 Å². The number of hydrogen-bond acceptors (Lipinski definition) is 4. The number of methoxy groups -OCH3 is 2. The topological polar surface area (TPSA) is 80.4 Å². The molecule has 128 valence electrons. The molecule has 0 spiro atoms. The zero-order chi connectivity index (χ0) is 18.0. The van der Waals surface area contributed by atoms with Gasteiger partial charge in [0.15, 0.2) is 11.5 Å². The largest absolute Gasteiger partial charge is 0.493 e. The standard InChI is InChI=1S/C19H18N2O4/c1-11-8-12-4-6-14(10-15(12)21-18(11)22)20-19(23)13-5-7-16(24-2)17(9-13)25-3/h4-10H,1-3H3,(H,20,23)(H,21,22). The van der Waals surface area contributed by atoms with E-state index in [9.17, 15) is 9.59 Å². The van der Waals surface area contributed by atoms with Gasteiger partial charge in [-0.15, -0.1) is 0 Å². The molecule has 2 aromatic carbocycles. The van der Waals surface area contributed by atoms with Gasteiger partial charge in [0.05, 0.1) is 19.7 Å². The van der Waals surface area contributed by atoms with Gasteiger partial charge < -0.3 is 19.8 Å². The molecule has 1 amide bonds. The predicted molar refractivity (Wildman–Crippen MR) is 96.8 cm³/mol. The Morgan fingerprint density at radius 3 is 2.48 bits per heavy atom. The molecule has 1 aromatic heterocycles. The molecular weight excluding hydrogens is 320 g/mol. The first kappa shape index (κ1) is 16.6. The van der Waals surface area contributed by atoms with Crippen LogP contribution in [-0.4, -0.2) is 25.1 Å². The Balaban J connectivity index is 1.89. The molecule has 0 unspecified atom stereocenters. The third kappa shape index (κ3) is 3.33. The van der Waals surface area contributed by atoms with E-state index in [1.807, 2.05) is 12.1 Å². The smallest absolute Gasteiger partial charge is 0.255 e. The molecule has 0 aliphatic carbocycles. The Morgan fingerprint density at radius 1 is 1.00 bits per heavy atom. The lowest BCUT2D eigenvalue weighted by Crippen LogP contribution is -2.13. The van der Waals surface area contributed by atoms with E-state index in [-0.39, 0.29) is 11.5 Å². The zero-order valence-electron chi connectivity index (χ0n) is 14.2. The van der Waals surface area contributed by atoms with Crippen LogP contribution in [0.5, 0.6) is 11.5 Å². The molecule has 0 bridgehead atoms. The van der Waals surface area contributed by atoms with E-state index in [1.165, 1.54) is 14.2 Å². The second kappa shape index (κ2) is 6.68. The minimum absolute atomic E-state index is 0.143. The van der Waals surface area contributed by atoms with Crippen LogP contribution in [0.4, 0.5) is 5.69 Å². The van der Waals surface area contributed by atoms with Crippen molar-refractivity contribution < 1.29 is 14.3 Å². The van der Waals surface area contributed by atoms with E-state index in [2.05, 4.69) is 10.3 Å². The van der Waals surface area contributed by atoms with Crippen molar-refractivity contribution in [2.45, 2.75) is 6.92 Å². The van der Waals surface area contributed by atoms with Crippen molar-refractivity contribution in [2.75, 3.05) is 19.5 Å². The number of anilines is 1. The number of ether oxygens (including phenoxy) is 2. The molecule has 6 nitrogen and oxygen atoms in total. The fourth-order valence-electron chi connectivity index (χ4n) is 2.57. The van der Waals surface area contributed by atoms with Crippen molar-refractivity contribution in [3.63, 3.8) is 0 Å². The second-order valence-corrected chi connectivity index (χ2v) is 5.61. The van der Waals surface area contributed by atoms with Gasteiger partial charge in [0.25, 0.3) is 11.5 Å². The molecule has 0 saturated carbocycles. The summed E-state index contributed by atoms with van der Waals surface area (Å²) >= 11 is 0. The van der Waals surface area contributed by atoms with Gasteiger partial charge in [-0.25, -0.2) is 0 Å². The number of aryl methyl sites for hydroxylation is 1. The van der Waals surface area contributed by atoms with Crippen LogP contribution < -0.4 is 20.3 Å². The number of aromatic nitrogens is 1. The highest BCUT2D eigenvalue weighted by molar-refractivity contribution is 6.05. The number of aromatic amines is 1. The van der Waals surface area contributed by atoms with Gasteiger partial charge in [-0.05, 0) is 48.7 Å². The van der Waals surface area contributed by atoms with Crippen molar-refractivity contribution >= 4 is 22.5 Å². The third-order valence-electron chi connectivity index (χ3n) is 3.94. The third-order valence-corrected chi connectivity index (χ3v) is 3.94.